The molecule has 1 aliphatic rings. The Bertz CT molecular complexity index is 362. The van der Waals surface area contributed by atoms with Crippen LogP contribution in [0.1, 0.15) is 30.9 Å². The van der Waals surface area contributed by atoms with Crippen molar-refractivity contribution in [3.63, 3.8) is 0 Å². The van der Waals surface area contributed by atoms with E-state index in [1.807, 2.05) is 25.1 Å². The predicted molar refractivity (Wildman–Crippen MR) is 66.5 cm³/mol. The second-order valence-corrected chi connectivity index (χ2v) is 5.07. The molecule has 88 valence electrons. The number of para-hydroxylation sites is 1. The minimum atomic E-state index is 0.473. The Morgan fingerprint density at radius 2 is 2.25 bits per heavy atom. The molecule has 1 aromatic rings. The molecule has 0 saturated carbocycles. The lowest BCUT2D eigenvalue weighted by atomic mass is 9.99. The molecule has 2 nitrogen and oxygen atoms in total. The fraction of sp³-hybridized carbons (Fsp3) is 0.571. The van der Waals surface area contributed by atoms with Crippen molar-refractivity contribution in [2.24, 2.45) is 5.92 Å². The molecule has 1 fully saturated rings. The van der Waals surface area contributed by atoms with E-state index in [4.69, 9.17) is 0 Å². The van der Waals surface area contributed by atoms with E-state index in [0.717, 1.165) is 36.7 Å². The lowest BCUT2D eigenvalue weighted by molar-refractivity contribution is 0.175. The van der Waals surface area contributed by atoms with Crippen molar-refractivity contribution in [1.29, 1.82) is 0 Å². The number of piperidine rings is 1. The van der Waals surface area contributed by atoms with E-state index in [1.54, 1.807) is 0 Å². The SMILES string of the molecule is Cc1cccc(CN2CCC[C@H](C)C2)c1O. The van der Waals surface area contributed by atoms with Gasteiger partial charge in [0, 0.05) is 18.7 Å². The number of aromatic hydroxyl groups is 1. The van der Waals surface area contributed by atoms with E-state index in [1.165, 1.54) is 12.8 Å². The van der Waals surface area contributed by atoms with Crippen LogP contribution in [0.25, 0.3) is 0 Å². The van der Waals surface area contributed by atoms with Crippen LogP contribution in [0.4, 0.5) is 0 Å². The third-order valence-corrected chi connectivity index (χ3v) is 3.46. The van der Waals surface area contributed by atoms with E-state index < -0.39 is 0 Å². The van der Waals surface area contributed by atoms with Gasteiger partial charge in [0.15, 0.2) is 0 Å². The summed E-state index contributed by atoms with van der Waals surface area (Å²) in [6.45, 7) is 7.48. The highest BCUT2D eigenvalue weighted by molar-refractivity contribution is 5.39. The molecule has 1 saturated heterocycles. The van der Waals surface area contributed by atoms with Gasteiger partial charge in [-0.2, -0.15) is 0 Å². The van der Waals surface area contributed by atoms with Crippen LogP contribution >= 0.6 is 0 Å². The van der Waals surface area contributed by atoms with Crippen LogP contribution in [0.3, 0.4) is 0 Å². The van der Waals surface area contributed by atoms with Gasteiger partial charge in [0.25, 0.3) is 0 Å². The standard InChI is InChI=1S/C14H21NO/c1-11-5-4-8-15(9-11)10-13-7-3-6-12(2)14(13)16/h3,6-7,11,16H,4-5,8-10H2,1-2H3/t11-/m0/s1. The first-order chi connectivity index (χ1) is 7.66. The first kappa shape index (κ1) is 11.5. The number of phenols is 1. The highest BCUT2D eigenvalue weighted by Crippen LogP contribution is 2.25. The van der Waals surface area contributed by atoms with Gasteiger partial charge in [-0.1, -0.05) is 25.1 Å². The molecule has 2 rings (SSSR count). The minimum absolute atomic E-state index is 0.473. The Morgan fingerprint density at radius 3 is 3.00 bits per heavy atom. The number of rotatable bonds is 2. The summed E-state index contributed by atoms with van der Waals surface area (Å²) in [5.74, 6) is 1.27. The van der Waals surface area contributed by atoms with Crippen molar-refractivity contribution in [3.05, 3.63) is 29.3 Å². The Labute approximate surface area is 97.9 Å². The molecule has 1 heterocycles. The van der Waals surface area contributed by atoms with Gasteiger partial charge in [0.2, 0.25) is 0 Å². The van der Waals surface area contributed by atoms with Crippen LogP contribution in [-0.4, -0.2) is 23.1 Å². The van der Waals surface area contributed by atoms with Crippen molar-refractivity contribution >= 4 is 0 Å². The van der Waals surface area contributed by atoms with Gasteiger partial charge in [-0.15, -0.1) is 0 Å². The van der Waals surface area contributed by atoms with Gasteiger partial charge in [-0.25, -0.2) is 0 Å². The molecule has 0 spiro atoms. The normalized spacial score (nSPS) is 22.2. The summed E-state index contributed by atoms with van der Waals surface area (Å²) >= 11 is 0. The number of phenolic OH excluding ortho intramolecular Hbond substituents is 1. The molecule has 0 amide bonds. The zero-order chi connectivity index (χ0) is 11.5. The van der Waals surface area contributed by atoms with Gasteiger partial charge in [0.05, 0.1) is 0 Å². The molecule has 2 heteroatoms. The zero-order valence-electron chi connectivity index (χ0n) is 10.2. The summed E-state index contributed by atoms with van der Waals surface area (Å²) in [6.07, 6.45) is 2.63. The van der Waals surface area contributed by atoms with Crippen molar-refractivity contribution in [1.82, 2.24) is 4.90 Å². The Hall–Kier alpha value is -1.02. The summed E-state index contributed by atoms with van der Waals surface area (Å²) in [7, 11) is 0. The quantitative estimate of drug-likeness (QED) is 0.826. The maximum Gasteiger partial charge on any atom is 0.122 e. The van der Waals surface area contributed by atoms with Crippen LogP contribution < -0.4 is 0 Å². The first-order valence-corrected chi connectivity index (χ1v) is 6.16. The second kappa shape index (κ2) is 4.88. The fourth-order valence-electron chi connectivity index (χ4n) is 2.52. The van der Waals surface area contributed by atoms with E-state index >= 15 is 0 Å². The number of likely N-dealkylation sites (tertiary alicyclic amines) is 1. The van der Waals surface area contributed by atoms with E-state index in [-0.39, 0.29) is 0 Å². The number of hydrogen-bond acceptors (Lipinski definition) is 2. The van der Waals surface area contributed by atoms with Crippen LogP contribution in [0, 0.1) is 12.8 Å². The molecular weight excluding hydrogens is 198 g/mol. The molecular formula is C14H21NO. The predicted octanol–water partition coefficient (Wildman–Crippen LogP) is 2.93. The van der Waals surface area contributed by atoms with Crippen LogP contribution in [0.2, 0.25) is 0 Å². The Balaban J connectivity index is 2.05. The maximum atomic E-state index is 9.97. The smallest absolute Gasteiger partial charge is 0.122 e. The van der Waals surface area contributed by atoms with Gasteiger partial charge in [-0.3, -0.25) is 4.90 Å². The molecule has 0 aliphatic carbocycles. The third-order valence-electron chi connectivity index (χ3n) is 3.46. The lowest BCUT2D eigenvalue weighted by Crippen LogP contribution is -2.33. The summed E-state index contributed by atoms with van der Waals surface area (Å²) < 4.78 is 0. The van der Waals surface area contributed by atoms with Crippen molar-refractivity contribution in [2.75, 3.05) is 13.1 Å². The number of hydrogen-bond donors (Lipinski definition) is 1. The number of aryl methyl sites for hydroxylation is 1. The number of benzene rings is 1. The second-order valence-electron chi connectivity index (χ2n) is 5.07. The Kier molecular flexibility index (Phi) is 3.49. The van der Waals surface area contributed by atoms with Crippen molar-refractivity contribution < 1.29 is 5.11 Å². The summed E-state index contributed by atoms with van der Waals surface area (Å²) in [5.41, 5.74) is 2.04. The molecule has 0 radical (unpaired) electrons. The molecule has 1 N–H and O–H groups in total. The largest absolute Gasteiger partial charge is 0.507 e. The summed E-state index contributed by atoms with van der Waals surface area (Å²) in [6, 6.07) is 6.01. The van der Waals surface area contributed by atoms with E-state index in [2.05, 4.69) is 11.8 Å². The number of nitrogens with zero attached hydrogens (tertiary/aromatic N) is 1. The van der Waals surface area contributed by atoms with Crippen LogP contribution in [-0.2, 0) is 6.54 Å². The Morgan fingerprint density at radius 1 is 1.44 bits per heavy atom. The molecule has 0 bridgehead atoms. The molecule has 1 aliphatic heterocycles. The molecule has 1 aromatic carbocycles. The van der Waals surface area contributed by atoms with Gasteiger partial charge in [0.1, 0.15) is 5.75 Å². The molecule has 0 aromatic heterocycles. The maximum absolute atomic E-state index is 9.97. The van der Waals surface area contributed by atoms with Gasteiger partial charge >= 0.3 is 0 Å². The monoisotopic (exact) mass is 219 g/mol. The highest BCUT2D eigenvalue weighted by Gasteiger charge is 2.17. The van der Waals surface area contributed by atoms with E-state index in [9.17, 15) is 5.11 Å². The fourth-order valence-corrected chi connectivity index (χ4v) is 2.52. The van der Waals surface area contributed by atoms with Gasteiger partial charge < -0.3 is 5.11 Å². The minimum Gasteiger partial charge on any atom is -0.507 e. The van der Waals surface area contributed by atoms with Crippen molar-refractivity contribution in [3.8, 4) is 5.75 Å². The highest BCUT2D eigenvalue weighted by atomic mass is 16.3. The van der Waals surface area contributed by atoms with E-state index in [0.29, 0.717) is 5.75 Å². The zero-order valence-corrected chi connectivity index (χ0v) is 10.2. The average molecular weight is 219 g/mol. The average Bonchev–Trinajstić information content (AvgIpc) is 2.25. The van der Waals surface area contributed by atoms with Crippen molar-refractivity contribution in [2.45, 2.75) is 33.2 Å². The topological polar surface area (TPSA) is 23.5 Å². The van der Waals surface area contributed by atoms with Crippen LogP contribution in [0.5, 0.6) is 5.75 Å². The summed E-state index contributed by atoms with van der Waals surface area (Å²) in [4.78, 5) is 2.45. The molecule has 0 unspecified atom stereocenters. The summed E-state index contributed by atoms with van der Waals surface area (Å²) in [5, 5.41) is 9.97. The lowest BCUT2D eigenvalue weighted by Gasteiger charge is -2.31. The van der Waals surface area contributed by atoms with Gasteiger partial charge in [-0.05, 0) is 37.8 Å². The molecule has 16 heavy (non-hydrogen) atoms. The van der Waals surface area contributed by atoms with Crippen LogP contribution in [0.15, 0.2) is 18.2 Å². The first-order valence-electron chi connectivity index (χ1n) is 6.16. The third kappa shape index (κ3) is 2.56. The molecule has 1 atom stereocenters.